The zero-order valence-corrected chi connectivity index (χ0v) is 16.3. The van der Waals surface area contributed by atoms with Crippen molar-refractivity contribution in [3.63, 3.8) is 0 Å². The van der Waals surface area contributed by atoms with Crippen LogP contribution in [0.4, 0.5) is 0 Å². The fourth-order valence-electron chi connectivity index (χ4n) is 3.31. The molecule has 0 saturated heterocycles. The van der Waals surface area contributed by atoms with E-state index in [4.69, 9.17) is 0 Å². The first kappa shape index (κ1) is 23.1. The van der Waals surface area contributed by atoms with Crippen LogP contribution in [0.2, 0.25) is 0 Å². The highest BCUT2D eigenvalue weighted by Gasteiger charge is 2.31. The largest absolute Gasteiger partial charge is 0.550 e. The Morgan fingerprint density at radius 2 is 1.67 bits per heavy atom. The van der Waals surface area contributed by atoms with Gasteiger partial charge >= 0.3 is 0 Å². The predicted molar refractivity (Wildman–Crippen MR) is 98.4 cm³/mol. The van der Waals surface area contributed by atoms with E-state index in [1.807, 2.05) is 0 Å². The summed E-state index contributed by atoms with van der Waals surface area (Å²) >= 11 is 0. The molecule has 0 bridgehead atoms. The standard InChI is InChI=1S/C20H39NO3/c1-5-8-11-12-13-19(22)17-21(14-9-6-2,15-10-7-3)16-18(4)20(23)24/h8,11,18-19,22H,5-7,9-10,12-17H2,1-4H3/b11-8+. The van der Waals surface area contributed by atoms with E-state index in [-0.39, 0.29) is 6.10 Å². The third-order valence-corrected chi connectivity index (χ3v) is 4.70. The van der Waals surface area contributed by atoms with Gasteiger partial charge in [0.2, 0.25) is 0 Å². The van der Waals surface area contributed by atoms with Crippen molar-refractivity contribution in [3.8, 4) is 0 Å². The number of carboxylic acid groups (broad SMARTS) is 1. The number of rotatable bonds is 15. The maximum absolute atomic E-state index is 11.3. The topological polar surface area (TPSA) is 60.4 Å². The quantitative estimate of drug-likeness (QED) is 0.368. The van der Waals surface area contributed by atoms with Crippen LogP contribution in [-0.2, 0) is 4.79 Å². The monoisotopic (exact) mass is 341 g/mol. The fourth-order valence-corrected chi connectivity index (χ4v) is 3.31. The summed E-state index contributed by atoms with van der Waals surface area (Å²) in [6.45, 7) is 11.2. The molecule has 0 amide bonds. The van der Waals surface area contributed by atoms with Crippen LogP contribution in [0, 0.1) is 5.92 Å². The van der Waals surface area contributed by atoms with Crippen molar-refractivity contribution in [2.75, 3.05) is 26.2 Å². The highest BCUT2D eigenvalue weighted by Crippen LogP contribution is 2.19. The molecular formula is C20H39NO3. The Hall–Kier alpha value is -0.870. The van der Waals surface area contributed by atoms with Gasteiger partial charge in [-0.2, -0.15) is 0 Å². The van der Waals surface area contributed by atoms with Gasteiger partial charge in [0.1, 0.15) is 12.6 Å². The van der Waals surface area contributed by atoms with Crippen molar-refractivity contribution in [1.82, 2.24) is 0 Å². The summed E-state index contributed by atoms with van der Waals surface area (Å²) in [7, 11) is 0. The Balaban J connectivity index is 4.99. The second-order valence-electron chi connectivity index (χ2n) is 7.19. The lowest BCUT2D eigenvalue weighted by Crippen LogP contribution is -2.57. The molecule has 0 fully saturated rings. The minimum atomic E-state index is -0.981. The third-order valence-electron chi connectivity index (χ3n) is 4.70. The van der Waals surface area contributed by atoms with Gasteiger partial charge in [-0.15, -0.1) is 0 Å². The smallest absolute Gasteiger partial charge is 0.105 e. The first-order valence-electron chi connectivity index (χ1n) is 9.79. The molecule has 0 spiro atoms. The Labute approximate surface area is 149 Å². The van der Waals surface area contributed by atoms with E-state index < -0.39 is 11.9 Å². The summed E-state index contributed by atoms with van der Waals surface area (Å²) in [4.78, 5) is 11.3. The average molecular weight is 342 g/mol. The van der Waals surface area contributed by atoms with Crippen molar-refractivity contribution < 1.29 is 19.5 Å². The normalized spacial score (nSPS) is 14.9. The Morgan fingerprint density at radius 1 is 1.08 bits per heavy atom. The van der Waals surface area contributed by atoms with Gasteiger partial charge in [0.15, 0.2) is 0 Å². The van der Waals surface area contributed by atoms with Crippen LogP contribution in [0.3, 0.4) is 0 Å². The molecule has 2 unspecified atom stereocenters. The molecule has 24 heavy (non-hydrogen) atoms. The second kappa shape index (κ2) is 13.4. The number of aliphatic carboxylic acids is 1. The fraction of sp³-hybridized carbons (Fsp3) is 0.850. The first-order valence-corrected chi connectivity index (χ1v) is 9.79. The van der Waals surface area contributed by atoms with Gasteiger partial charge in [0.25, 0.3) is 0 Å². The van der Waals surface area contributed by atoms with E-state index >= 15 is 0 Å². The lowest BCUT2D eigenvalue weighted by molar-refractivity contribution is -0.933. The lowest BCUT2D eigenvalue weighted by atomic mass is 10.0. The molecule has 0 aliphatic carbocycles. The minimum absolute atomic E-state index is 0.380. The van der Waals surface area contributed by atoms with Crippen LogP contribution in [0.1, 0.15) is 72.6 Å². The maximum atomic E-state index is 11.3. The SMILES string of the molecule is CC/C=C/CCC(O)C[N+](CCCC)(CCCC)CC(C)C(=O)[O-]. The minimum Gasteiger partial charge on any atom is -0.550 e. The van der Waals surface area contributed by atoms with Crippen LogP contribution in [0.25, 0.3) is 0 Å². The number of carbonyl (C=O) groups is 1. The van der Waals surface area contributed by atoms with E-state index in [9.17, 15) is 15.0 Å². The van der Waals surface area contributed by atoms with Crippen molar-refractivity contribution in [2.45, 2.75) is 78.7 Å². The van der Waals surface area contributed by atoms with E-state index in [1.165, 1.54) is 0 Å². The molecular weight excluding hydrogens is 302 g/mol. The van der Waals surface area contributed by atoms with E-state index in [0.717, 1.165) is 58.0 Å². The Kier molecular flexibility index (Phi) is 12.9. The molecule has 142 valence electrons. The van der Waals surface area contributed by atoms with Crippen molar-refractivity contribution in [2.24, 2.45) is 5.92 Å². The molecule has 0 aliphatic rings. The average Bonchev–Trinajstić information content (AvgIpc) is 2.54. The number of allylic oxidation sites excluding steroid dienone is 2. The number of hydrogen-bond donors (Lipinski definition) is 1. The van der Waals surface area contributed by atoms with E-state index in [2.05, 4.69) is 32.9 Å². The second-order valence-corrected chi connectivity index (χ2v) is 7.19. The summed E-state index contributed by atoms with van der Waals surface area (Å²) in [5.41, 5.74) is 0. The van der Waals surface area contributed by atoms with Gasteiger partial charge < -0.3 is 19.5 Å². The van der Waals surface area contributed by atoms with Gasteiger partial charge in [-0.1, -0.05) is 52.7 Å². The van der Waals surface area contributed by atoms with Crippen molar-refractivity contribution in [1.29, 1.82) is 0 Å². The van der Waals surface area contributed by atoms with Crippen molar-refractivity contribution in [3.05, 3.63) is 12.2 Å². The molecule has 4 heteroatoms. The summed E-state index contributed by atoms with van der Waals surface area (Å²) in [6.07, 6.45) is 10.8. The zero-order chi connectivity index (χ0) is 18.4. The molecule has 0 heterocycles. The molecule has 1 N–H and O–H groups in total. The number of aliphatic hydroxyl groups excluding tert-OH is 1. The molecule has 0 aromatic carbocycles. The molecule has 0 aliphatic heterocycles. The van der Waals surface area contributed by atoms with E-state index in [1.54, 1.807) is 6.92 Å². The molecule has 0 aromatic heterocycles. The van der Waals surface area contributed by atoms with Gasteiger partial charge in [0.05, 0.1) is 19.6 Å². The molecule has 0 radical (unpaired) electrons. The number of hydrogen-bond acceptors (Lipinski definition) is 3. The first-order chi connectivity index (χ1) is 11.4. The summed E-state index contributed by atoms with van der Waals surface area (Å²) < 4.78 is 0.704. The summed E-state index contributed by atoms with van der Waals surface area (Å²) in [5, 5.41) is 21.8. The maximum Gasteiger partial charge on any atom is 0.105 e. The number of carboxylic acids is 1. The van der Waals surface area contributed by atoms with Crippen LogP contribution in [0.15, 0.2) is 12.2 Å². The molecule has 0 rings (SSSR count). The highest BCUT2D eigenvalue weighted by atomic mass is 16.4. The third kappa shape index (κ3) is 10.1. The van der Waals surface area contributed by atoms with Crippen LogP contribution >= 0.6 is 0 Å². The Bertz CT molecular complexity index is 347. The predicted octanol–water partition coefficient (Wildman–Crippen LogP) is 2.90. The number of aliphatic hydroxyl groups is 1. The van der Waals surface area contributed by atoms with Gasteiger partial charge in [-0.3, -0.25) is 0 Å². The highest BCUT2D eigenvalue weighted by molar-refractivity contribution is 5.67. The van der Waals surface area contributed by atoms with Crippen LogP contribution in [-0.4, -0.2) is 47.8 Å². The zero-order valence-electron chi connectivity index (χ0n) is 16.3. The number of quaternary nitrogens is 1. The number of carbonyl (C=O) groups excluding carboxylic acids is 1. The number of unbranched alkanes of at least 4 members (excludes halogenated alkanes) is 2. The van der Waals surface area contributed by atoms with Crippen LogP contribution < -0.4 is 5.11 Å². The summed E-state index contributed by atoms with van der Waals surface area (Å²) in [5.74, 6) is -1.46. The molecule has 4 nitrogen and oxygen atoms in total. The van der Waals surface area contributed by atoms with E-state index in [0.29, 0.717) is 17.6 Å². The Morgan fingerprint density at radius 3 is 2.12 bits per heavy atom. The molecule has 0 aromatic rings. The van der Waals surface area contributed by atoms with Gasteiger partial charge in [-0.05, 0) is 32.1 Å². The van der Waals surface area contributed by atoms with Gasteiger partial charge in [-0.25, -0.2) is 0 Å². The van der Waals surface area contributed by atoms with Crippen molar-refractivity contribution >= 4 is 5.97 Å². The molecule has 0 saturated carbocycles. The van der Waals surface area contributed by atoms with Crippen LogP contribution in [0.5, 0.6) is 0 Å². The lowest BCUT2D eigenvalue weighted by Gasteiger charge is -2.42. The molecule has 2 atom stereocenters. The van der Waals surface area contributed by atoms with Gasteiger partial charge in [0, 0.05) is 11.9 Å². The summed E-state index contributed by atoms with van der Waals surface area (Å²) in [6, 6.07) is 0. The number of nitrogens with zero attached hydrogens (tertiary/aromatic N) is 1.